The van der Waals surface area contributed by atoms with Crippen molar-refractivity contribution in [2.24, 2.45) is 0 Å². The fourth-order valence-electron chi connectivity index (χ4n) is 2.11. The van der Waals surface area contributed by atoms with Crippen LogP contribution in [0.4, 0.5) is 0 Å². The molecule has 0 bridgehead atoms. The molecule has 0 aliphatic carbocycles. The van der Waals surface area contributed by atoms with Crippen LogP contribution in [0.5, 0.6) is 0 Å². The molecule has 0 radical (unpaired) electrons. The Balaban J connectivity index is 2.43. The summed E-state index contributed by atoms with van der Waals surface area (Å²) in [7, 11) is 0. The number of hydrogen-bond donors (Lipinski definition) is 1. The van der Waals surface area contributed by atoms with Crippen LogP contribution in [0.3, 0.4) is 0 Å². The number of benzene rings is 1. The number of hydrogen-bond acceptors (Lipinski definition) is 1. The zero-order valence-corrected chi connectivity index (χ0v) is 11.3. The van der Waals surface area contributed by atoms with Crippen LogP contribution in [-0.2, 0) is 6.42 Å². The first-order chi connectivity index (χ1) is 8.63. The van der Waals surface area contributed by atoms with Gasteiger partial charge in [-0.1, -0.05) is 25.5 Å². The van der Waals surface area contributed by atoms with E-state index in [2.05, 4.69) is 12.0 Å². The van der Waals surface area contributed by atoms with Gasteiger partial charge >= 0.3 is 0 Å². The summed E-state index contributed by atoms with van der Waals surface area (Å²) in [6, 6.07) is 7.97. The van der Waals surface area contributed by atoms with E-state index in [1.54, 1.807) is 4.68 Å². The lowest BCUT2D eigenvalue weighted by atomic mass is 10.1. The van der Waals surface area contributed by atoms with Gasteiger partial charge in [0.15, 0.2) is 0 Å². The summed E-state index contributed by atoms with van der Waals surface area (Å²) in [5.74, 6) is 0. The van der Waals surface area contributed by atoms with Crippen LogP contribution in [0.25, 0.3) is 5.69 Å². The summed E-state index contributed by atoms with van der Waals surface area (Å²) in [4.78, 5) is 12.2. The Morgan fingerprint density at radius 2 is 2.06 bits per heavy atom. The smallest absolute Gasteiger partial charge is 0.274 e. The van der Waals surface area contributed by atoms with Crippen molar-refractivity contribution in [2.75, 3.05) is 0 Å². The topological polar surface area (TPSA) is 37.8 Å². The Morgan fingerprint density at radius 3 is 2.72 bits per heavy atom. The first-order valence-corrected chi connectivity index (χ1v) is 6.51. The molecule has 0 spiro atoms. The molecule has 0 atom stereocenters. The maximum atomic E-state index is 12.2. The summed E-state index contributed by atoms with van der Waals surface area (Å²) < 4.78 is 1.65. The number of nitrogens with one attached hydrogen (secondary N) is 1. The van der Waals surface area contributed by atoms with Crippen LogP contribution in [0.1, 0.15) is 36.6 Å². The number of rotatable bonds is 4. The number of aromatic amines is 1. The normalized spacial score (nSPS) is 10.8. The lowest BCUT2D eigenvalue weighted by Gasteiger charge is -2.03. The van der Waals surface area contributed by atoms with Gasteiger partial charge in [0.1, 0.15) is 0 Å². The van der Waals surface area contributed by atoms with Crippen molar-refractivity contribution < 1.29 is 0 Å². The molecule has 2 aromatic rings. The predicted octanol–water partition coefficient (Wildman–Crippen LogP) is 3.13. The number of aromatic nitrogens is 2. The molecule has 0 unspecified atom stereocenters. The van der Waals surface area contributed by atoms with Gasteiger partial charge in [-0.15, -0.1) is 0 Å². The molecule has 3 heteroatoms. The summed E-state index contributed by atoms with van der Waals surface area (Å²) in [6.45, 7) is 6.09. The molecule has 0 saturated carbocycles. The molecule has 0 saturated heterocycles. The zero-order valence-electron chi connectivity index (χ0n) is 11.3. The van der Waals surface area contributed by atoms with Crippen molar-refractivity contribution in [1.82, 2.24) is 9.78 Å². The molecule has 0 amide bonds. The minimum Gasteiger partial charge on any atom is -0.295 e. The fraction of sp³-hybridized carbons (Fsp3) is 0.400. The maximum Gasteiger partial charge on any atom is 0.274 e. The zero-order chi connectivity index (χ0) is 13.1. The van der Waals surface area contributed by atoms with Crippen molar-refractivity contribution in [3.63, 3.8) is 0 Å². The van der Waals surface area contributed by atoms with Gasteiger partial charge in [0.25, 0.3) is 5.56 Å². The second kappa shape index (κ2) is 5.25. The summed E-state index contributed by atoms with van der Waals surface area (Å²) in [5.41, 5.74) is 4.02. The Bertz CT molecular complexity index is 593. The van der Waals surface area contributed by atoms with Gasteiger partial charge in [-0.3, -0.25) is 9.89 Å². The molecule has 2 rings (SSSR count). The minimum atomic E-state index is 0.0618. The second-order valence-corrected chi connectivity index (χ2v) is 4.80. The molecule has 1 N–H and O–H groups in total. The average molecular weight is 244 g/mol. The van der Waals surface area contributed by atoms with Gasteiger partial charge < -0.3 is 0 Å². The van der Waals surface area contributed by atoms with E-state index in [-0.39, 0.29) is 5.56 Å². The Hall–Kier alpha value is -1.77. The van der Waals surface area contributed by atoms with Gasteiger partial charge in [0.2, 0.25) is 0 Å². The van der Waals surface area contributed by atoms with E-state index >= 15 is 0 Å². The van der Waals surface area contributed by atoms with Crippen molar-refractivity contribution in [2.45, 2.75) is 40.0 Å². The minimum absolute atomic E-state index is 0.0618. The highest BCUT2D eigenvalue weighted by molar-refractivity contribution is 5.36. The van der Waals surface area contributed by atoms with Gasteiger partial charge in [0, 0.05) is 11.3 Å². The Morgan fingerprint density at radius 1 is 1.28 bits per heavy atom. The molecule has 0 fully saturated rings. The highest BCUT2D eigenvalue weighted by Crippen LogP contribution is 2.11. The highest BCUT2D eigenvalue weighted by atomic mass is 16.1. The van der Waals surface area contributed by atoms with E-state index < -0.39 is 0 Å². The van der Waals surface area contributed by atoms with Crippen LogP contribution < -0.4 is 5.56 Å². The molecule has 1 aromatic heterocycles. The molecule has 1 aromatic carbocycles. The predicted molar refractivity (Wildman–Crippen MR) is 74.5 cm³/mol. The van der Waals surface area contributed by atoms with Gasteiger partial charge in [-0.25, -0.2) is 4.68 Å². The maximum absolute atomic E-state index is 12.2. The third-order valence-electron chi connectivity index (χ3n) is 3.26. The Kier molecular flexibility index (Phi) is 3.70. The molecule has 3 nitrogen and oxygen atoms in total. The van der Waals surface area contributed by atoms with E-state index in [4.69, 9.17) is 0 Å². The lowest BCUT2D eigenvalue weighted by molar-refractivity contribution is 0.746. The molecular weight excluding hydrogens is 224 g/mol. The monoisotopic (exact) mass is 244 g/mol. The number of nitrogens with zero attached hydrogens (tertiary/aromatic N) is 1. The van der Waals surface area contributed by atoms with Crippen molar-refractivity contribution in [3.05, 3.63) is 51.4 Å². The van der Waals surface area contributed by atoms with Crippen LogP contribution >= 0.6 is 0 Å². The number of unbranched alkanes of at least 4 members (excludes halogenated alkanes) is 1. The van der Waals surface area contributed by atoms with Gasteiger partial charge in [-0.2, -0.15) is 0 Å². The van der Waals surface area contributed by atoms with Gasteiger partial charge in [0.05, 0.1) is 5.69 Å². The SMILES string of the molecule is CCCCc1[nH]n(-c2cccc(C)c2)c(=O)c1C. The summed E-state index contributed by atoms with van der Waals surface area (Å²) >= 11 is 0. The second-order valence-electron chi connectivity index (χ2n) is 4.80. The van der Waals surface area contributed by atoms with Crippen molar-refractivity contribution >= 4 is 0 Å². The quantitative estimate of drug-likeness (QED) is 0.881. The fourth-order valence-corrected chi connectivity index (χ4v) is 2.11. The number of H-pyrrole nitrogens is 1. The van der Waals surface area contributed by atoms with E-state index in [1.807, 2.05) is 38.1 Å². The molecule has 0 aliphatic rings. The van der Waals surface area contributed by atoms with E-state index in [0.29, 0.717) is 0 Å². The third kappa shape index (κ3) is 2.40. The van der Waals surface area contributed by atoms with E-state index in [0.717, 1.165) is 41.8 Å². The van der Waals surface area contributed by atoms with Crippen LogP contribution in [0.2, 0.25) is 0 Å². The largest absolute Gasteiger partial charge is 0.295 e. The van der Waals surface area contributed by atoms with E-state index in [1.165, 1.54) is 0 Å². The molecule has 1 heterocycles. The highest BCUT2D eigenvalue weighted by Gasteiger charge is 2.10. The van der Waals surface area contributed by atoms with Crippen LogP contribution in [-0.4, -0.2) is 9.78 Å². The Labute approximate surface area is 107 Å². The standard InChI is InChI=1S/C15H20N2O/c1-4-5-9-14-12(3)15(18)17(16-14)13-8-6-7-11(2)10-13/h6-8,10,16H,4-5,9H2,1-3H3. The molecule has 0 aliphatic heterocycles. The third-order valence-corrected chi connectivity index (χ3v) is 3.26. The van der Waals surface area contributed by atoms with Crippen molar-refractivity contribution in [1.29, 1.82) is 0 Å². The first kappa shape index (κ1) is 12.7. The molecule has 18 heavy (non-hydrogen) atoms. The van der Waals surface area contributed by atoms with Crippen molar-refractivity contribution in [3.8, 4) is 5.69 Å². The molecule has 96 valence electrons. The summed E-state index contributed by atoms with van der Waals surface area (Å²) in [6.07, 6.45) is 3.18. The molecular formula is C15H20N2O. The van der Waals surface area contributed by atoms with Crippen LogP contribution in [0, 0.1) is 13.8 Å². The summed E-state index contributed by atoms with van der Waals surface area (Å²) in [5, 5.41) is 3.23. The van der Waals surface area contributed by atoms with Crippen LogP contribution in [0.15, 0.2) is 29.1 Å². The van der Waals surface area contributed by atoms with E-state index in [9.17, 15) is 4.79 Å². The van der Waals surface area contributed by atoms with Gasteiger partial charge in [-0.05, 0) is 44.4 Å². The number of aryl methyl sites for hydroxylation is 2. The first-order valence-electron chi connectivity index (χ1n) is 6.51. The lowest BCUT2D eigenvalue weighted by Crippen LogP contribution is -2.15. The average Bonchev–Trinajstić information content (AvgIpc) is 2.64.